The Morgan fingerprint density at radius 3 is 2.35 bits per heavy atom. The smallest absolute Gasteiger partial charge is 0.417 e. The van der Waals surface area contributed by atoms with E-state index in [1.165, 1.54) is 25.3 Å². The molecule has 8 heteroatoms. The van der Waals surface area contributed by atoms with Crippen LogP contribution in [0.25, 0.3) is 16.2 Å². The highest BCUT2D eigenvalue weighted by Gasteiger charge is 2.36. The second-order valence-electron chi connectivity index (χ2n) is 7.16. The Balaban J connectivity index is 1.82. The van der Waals surface area contributed by atoms with Crippen molar-refractivity contribution in [1.29, 1.82) is 0 Å². The van der Waals surface area contributed by atoms with Crippen molar-refractivity contribution in [2.75, 3.05) is 7.11 Å². The van der Waals surface area contributed by atoms with E-state index in [-0.39, 0.29) is 10.6 Å². The topological polar surface area (TPSA) is 52.6 Å². The first-order chi connectivity index (χ1) is 16.3. The first kappa shape index (κ1) is 23.3. The quantitative estimate of drug-likeness (QED) is 0.159. The predicted octanol–water partition coefficient (Wildman–Crippen LogP) is 7.16. The van der Waals surface area contributed by atoms with Gasteiger partial charge in [0.1, 0.15) is 22.7 Å². The van der Waals surface area contributed by atoms with E-state index in [1.807, 2.05) is 0 Å². The summed E-state index contributed by atoms with van der Waals surface area (Å²) < 4.78 is 52.6. The highest BCUT2D eigenvalue weighted by atomic mass is 32.1. The number of ether oxygens (including phenoxy) is 2. The molecular formula is C26H17F3O4S. The normalized spacial score (nSPS) is 11.6. The van der Waals surface area contributed by atoms with E-state index >= 15 is 0 Å². The summed E-state index contributed by atoms with van der Waals surface area (Å²) in [5.41, 5.74) is -0.699. The number of thiophene rings is 1. The Morgan fingerprint density at radius 2 is 1.68 bits per heavy atom. The van der Waals surface area contributed by atoms with Crippen LogP contribution < -0.4 is 9.47 Å². The number of benzene rings is 3. The number of methoxy groups -OCH3 is 1. The number of rotatable bonds is 7. The van der Waals surface area contributed by atoms with Gasteiger partial charge in [-0.05, 0) is 48.0 Å². The molecule has 0 saturated heterocycles. The van der Waals surface area contributed by atoms with Gasteiger partial charge >= 0.3 is 6.18 Å². The zero-order chi connectivity index (χ0) is 24.3. The minimum atomic E-state index is -4.68. The highest BCUT2D eigenvalue weighted by molar-refractivity contribution is 7.21. The molecule has 1 heterocycles. The van der Waals surface area contributed by atoms with Crippen molar-refractivity contribution in [3.63, 3.8) is 0 Å². The molecule has 172 valence electrons. The lowest BCUT2D eigenvalue weighted by Gasteiger charge is -2.12. The molecule has 0 spiro atoms. The second kappa shape index (κ2) is 9.52. The molecule has 34 heavy (non-hydrogen) atoms. The lowest BCUT2D eigenvalue weighted by molar-refractivity contribution is -0.137. The monoisotopic (exact) mass is 482 g/mol. The van der Waals surface area contributed by atoms with E-state index in [1.54, 1.807) is 48.5 Å². The first-order valence-corrected chi connectivity index (χ1v) is 10.8. The van der Waals surface area contributed by atoms with Crippen molar-refractivity contribution in [2.24, 2.45) is 0 Å². The molecule has 4 rings (SSSR count). The maximum atomic E-state index is 13.6. The molecule has 4 nitrogen and oxygen atoms in total. The van der Waals surface area contributed by atoms with Gasteiger partial charge in [-0.15, -0.1) is 11.3 Å². The summed E-state index contributed by atoms with van der Waals surface area (Å²) in [6.45, 7) is 0. The molecule has 1 aromatic heterocycles. The number of fused-ring (bicyclic) bond motifs is 1. The number of alkyl halides is 3. The Bertz CT molecular complexity index is 1390. The van der Waals surface area contributed by atoms with Crippen LogP contribution in [0.15, 0.2) is 72.8 Å². The van der Waals surface area contributed by atoms with Crippen LogP contribution in [0.5, 0.6) is 17.2 Å². The van der Waals surface area contributed by atoms with E-state index < -0.39 is 23.1 Å². The zero-order valence-electron chi connectivity index (χ0n) is 17.8. The number of ketones is 1. The molecule has 0 aliphatic carbocycles. The molecule has 0 bridgehead atoms. The van der Waals surface area contributed by atoms with Gasteiger partial charge < -0.3 is 9.47 Å². The van der Waals surface area contributed by atoms with Crippen LogP contribution in [0.2, 0.25) is 0 Å². The van der Waals surface area contributed by atoms with Crippen molar-refractivity contribution < 1.29 is 32.2 Å². The summed E-state index contributed by atoms with van der Waals surface area (Å²) in [6, 6.07) is 16.5. The number of carbonyl (C=O) groups is 2. The van der Waals surface area contributed by atoms with Crippen LogP contribution in [0, 0.1) is 0 Å². The van der Waals surface area contributed by atoms with Gasteiger partial charge in [0.15, 0.2) is 5.75 Å². The maximum Gasteiger partial charge on any atom is 0.417 e. The number of carbonyl (C=O) groups excluding carboxylic acids is 2. The fourth-order valence-electron chi connectivity index (χ4n) is 3.40. The molecule has 0 atom stereocenters. The Morgan fingerprint density at radius 1 is 0.971 bits per heavy atom. The Labute approximate surface area is 196 Å². The molecule has 0 saturated carbocycles. The average Bonchev–Trinajstić information content (AvgIpc) is 3.20. The summed E-state index contributed by atoms with van der Waals surface area (Å²) >= 11 is 1.04. The van der Waals surface area contributed by atoms with Gasteiger partial charge in [-0.25, -0.2) is 0 Å². The van der Waals surface area contributed by atoms with Crippen molar-refractivity contribution in [3.05, 3.63) is 94.4 Å². The van der Waals surface area contributed by atoms with Crippen LogP contribution in [-0.2, 0) is 11.0 Å². The number of hydrogen-bond acceptors (Lipinski definition) is 5. The van der Waals surface area contributed by atoms with Crippen LogP contribution >= 0.6 is 11.3 Å². The third kappa shape index (κ3) is 4.72. The first-order valence-electron chi connectivity index (χ1n) is 10.0. The van der Waals surface area contributed by atoms with Crippen molar-refractivity contribution in [1.82, 2.24) is 0 Å². The second-order valence-corrected chi connectivity index (χ2v) is 8.21. The van der Waals surface area contributed by atoms with Gasteiger partial charge in [0.25, 0.3) is 0 Å². The largest absolute Gasteiger partial charge is 0.497 e. The standard InChI is InChI=1S/C26H17F3O4S/c1-32-18-12-13-20-22(15-18)34-25(23(31)19-6-2-3-7-21(19)26(27,28)29)24(20)33-17-10-8-16(9-11-17)5-4-14-30/h2-15H,1H3/b5-4+. The molecule has 0 amide bonds. The van der Waals surface area contributed by atoms with E-state index in [9.17, 15) is 22.8 Å². The van der Waals surface area contributed by atoms with Crippen LogP contribution in [0.4, 0.5) is 13.2 Å². The SMILES string of the molecule is COc1ccc2c(Oc3ccc(/C=C/C=O)cc3)c(C(=O)c3ccccc3C(F)(F)F)sc2c1. The van der Waals surface area contributed by atoms with Crippen LogP contribution in [0.3, 0.4) is 0 Å². The van der Waals surface area contributed by atoms with E-state index in [0.29, 0.717) is 27.9 Å². The summed E-state index contributed by atoms with van der Waals surface area (Å²) in [5, 5.41) is 0.573. The maximum absolute atomic E-state index is 13.6. The fraction of sp³-hybridized carbons (Fsp3) is 0.0769. The zero-order valence-corrected chi connectivity index (χ0v) is 18.6. The molecule has 0 radical (unpaired) electrons. The van der Waals surface area contributed by atoms with Gasteiger partial charge in [-0.3, -0.25) is 9.59 Å². The molecule has 4 aromatic rings. The Hall–Kier alpha value is -3.91. The predicted molar refractivity (Wildman–Crippen MR) is 125 cm³/mol. The van der Waals surface area contributed by atoms with Gasteiger partial charge in [0.05, 0.1) is 12.7 Å². The molecule has 0 aliphatic rings. The third-order valence-electron chi connectivity index (χ3n) is 5.00. The summed E-state index contributed by atoms with van der Waals surface area (Å²) in [4.78, 5) is 23.9. The van der Waals surface area contributed by atoms with Gasteiger partial charge in [-0.1, -0.05) is 36.4 Å². The molecule has 0 unspecified atom stereocenters. The van der Waals surface area contributed by atoms with Gasteiger partial charge in [0, 0.05) is 15.6 Å². The van der Waals surface area contributed by atoms with Crippen molar-refractivity contribution in [2.45, 2.75) is 6.18 Å². The summed E-state index contributed by atoms with van der Waals surface area (Å²) in [6.07, 6.45) is -1.05. The molecule has 0 N–H and O–H groups in total. The summed E-state index contributed by atoms with van der Waals surface area (Å²) in [7, 11) is 1.50. The summed E-state index contributed by atoms with van der Waals surface area (Å²) in [5.74, 6) is 0.313. The van der Waals surface area contributed by atoms with Crippen molar-refractivity contribution >= 4 is 39.6 Å². The molecule has 0 aliphatic heterocycles. The lowest BCUT2D eigenvalue weighted by Crippen LogP contribution is -2.13. The minimum absolute atomic E-state index is 0.0462. The average molecular weight is 482 g/mol. The highest BCUT2D eigenvalue weighted by Crippen LogP contribution is 2.44. The van der Waals surface area contributed by atoms with Crippen LogP contribution in [0.1, 0.15) is 26.4 Å². The van der Waals surface area contributed by atoms with Gasteiger partial charge in [-0.2, -0.15) is 13.2 Å². The van der Waals surface area contributed by atoms with Gasteiger partial charge in [0.2, 0.25) is 5.78 Å². The van der Waals surface area contributed by atoms with E-state index in [2.05, 4.69) is 0 Å². The Kier molecular flexibility index (Phi) is 6.51. The molecule has 3 aromatic carbocycles. The number of aldehydes is 1. The number of halogens is 3. The van der Waals surface area contributed by atoms with Crippen LogP contribution in [-0.4, -0.2) is 19.2 Å². The lowest BCUT2D eigenvalue weighted by atomic mass is 10.0. The van der Waals surface area contributed by atoms with E-state index in [4.69, 9.17) is 9.47 Å². The number of hydrogen-bond donors (Lipinski definition) is 0. The molecule has 0 fully saturated rings. The fourth-order valence-corrected chi connectivity index (χ4v) is 4.51. The third-order valence-corrected chi connectivity index (χ3v) is 6.13. The van der Waals surface area contributed by atoms with E-state index in [0.717, 1.165) is 29.0 Å². The minimum Gasteiger partial charge on any atom is -0.497 e. The number of allylic oxidation sites excluding steroid dienone is 1. The molecular weight excluding hydrogens is 465 g/mol. The van der Waals surface area contributed by atoms with Crippen molar-refractivity contribution in [3.8, 4) is 17.2 Å².